The zero-order chi connectivity index (χ0) is 13.6. The van der Waals surface area contributed by atoms with E-state index in [1.54, 1.807) is 6.07 Å². The Morgan fingerprint density at radius 2 is 2.00 bits per heavy atom. The van der Waals surface area contributed by atoms with E-state index in [1.807, 2.05) is 6.07 Å². The summed E-state index contributed by atoms with van der Waals surface area (Å²) in [7, 11) is 0. The van der Waals surface area contributed by atoms with E-state index in [0.29, 0.717) is 0 Å². The first kappa shape index (κ1) is 15.6. The fraction of sp³-hybridized carbons (Fsp3) is 0.600. The normalized spacial score (nSPS) is 14.5. The van der Waals surface area contributed by atoms with Crippen LogP contribution >= 0.6 is 15.9 Å². The van der Waals surface area contributed by atoms with Crippen molar-refractivity contribution in [2.45, 2.75) is 40.0 Å². The molecule has 18 heavy (non-hydrogen) atoms. The fourth-order valence-electron chi connectivity index (χ4n) is 2.48. The van der Waals surface area contributed by atoms with E-state index in [9.17, 15) is 4.39 Å². The van der Waals surface area contributed by atoms with Crippen molar-refractivity contribution in [2.75, 3.05) is 13.1 Å². The first-order valence-electron chi connectivity index (χ1n) is 6.65. The van der Waals surface area contributed by atoms with Gasteiger partial charge in [0.25, 0.3) is 0 Å². The highest BCUT2D eigenvalue weighted by Gasteiger charge is 2.23. The van der Waals surface area contributed by atoms with Crippen LogP contribution in [0.3, 0.4) is 0 Å². The van der Waals surface area contributed by atoms with Gasteiger partial charge in [0, 0.05) is 11.0 Å². The Morgan fingerprint density at radius 1 is 1.28 bits per heavy atom. The van der Waals surface area contributed by atoms with Gasteiger partial charge in [-0.1, -0.05) is 43.1 Å². The van der Waals surface area contributed by atoms with Crippen molar-refractivity contribution >= 4 is 15.9 Å². The molecule has 0 aliphatic heterocycles. The third kappa shape index (κ3) is 5.07. The van der Waals surface area contributed by atoms with Crippen LogP contribution in [0.2, 0.25) is 0 Å². The van der Waals surface area contributed by atoms with Gasteiger partial charge in [-0.2, -0.15) is 0 Å². The van der Waals surface area contributed by atoms with Gasteiger partial charge in [-0.3, -0.25) is 0 Å². The van der Waals surface area contributed by atoms with Gasteiger partial charge in [-0.25, -0.2) is 4.39 Å². The monoisotopic (exact) mass is 315 g/mol. The molecular formula is C15H23BrFN. The van der Waals surface area contributed by atoms with E-state index in [2.05, 4.69) is 42.0 Å². The van der Waals surface area contributed by atoms with Gasteiger partial charge in [-0.05, 0) is 48.6 Å². The minimum absolute atomic E-state index is 0.165. The third-order valence-electron chi connectivity index (χ3n) is 3.21. The van der Waals surface area contributed by atoms with Crippen LogP contribution in [-0.2, 0) is 6.42 Å². The standard InChI is InChI=1S/C15H23BrFN/c1-4-6-15(3,11-18-5-2)10-12-7-13(16)9-14(17)8-12/h7-9,18H,4-6,10-11H2,1-3H3. The highest BCUT2D eigenvalue weighted by molar-refractivity contribution is 9.10. The van der Waals surface area contributed by atoms with Crippen LogP contribution in [0.15, 0.2) is 22.7 Å². The lowest BCUT2D eigenvalue weighted by molar-refractivity contribution is 0.277. The molecule has 0 aliphatic carbocycles. The Kier molecular flexibility index (Phi) is 6.30. The zero-order valence-electron chi connectivity index (χ0n) is 11.5. The zero-order valence-corrected chi connectivity index (χ0v) is 13.1. The minimum atomic E-state index is -0.165. The Morgan fingerprint density at radius 3 is 2.56 bits per heavy atom. The van der Waals surface area contributed by atoms with Crippen molar-refractivity contribution in [1.29, 1.82) is 0 Å². The predicted octanol–water partition coefficient (Wildman–Crippen LogP) is 4.55. The van der Waals surface area contributed by atoms with E-state index < -0.39 is 0 Å². The first-order valence-corrected chi connectivity index (χ1v) is 7.44. The summed E-state index contributed by atoms with van der Waals surface area (Å²) in [6.45, 7) is 8.55. The Hall–Kier alpha value is -0.410. The smallest absolute Gasteiger partial charge is 0.124 e. The number of rotatable bonds is 7. The van der Waals surface area contributed by atoms with Crippen LogP contribution in [0.4, 0.5) is 4.39 Å². The van der Waals surface area contributed by atoms with Gasteiger partial charge in [0.2, 0.25) is 0 Å². The lowest BCUT2D eigenvalue weighted by Gasteiger charge is -2.30. The number of halogens is 2. The second kappa shape index (κ2) is 7.25. The molecule has 0 bridgehead atoms. The van der Waals surface area contributed by atoms with Gasteiger partial charge in [-0.15, -0.1) is 0 Å². The summed E-state index contributed by atoms with van der Waals surface area (Å²) < 4.78 is 14.2. The maximum atomic E-state index is 13.4. The molecule has 0 aromatic heterocycles. The average molecular weight is 316 g/mol. The van der Waals surface area contributed by atoms with E-state index in [0.717, 1.165) is 42.4 Å². The molecule has 0 saturated heterocycles. The fourth-order valence-corrected chi connectivity index (χ4v) is 2.99. The van der Waals surface area contributed by atoms with Gasteiger partial charge in [0.05, 0.1) is 0 Å². The lowest BCUT2D eigenvalue weighted by Crippen LogP contribution is -2.33. The second-order valence-electron chi connectivity index (χ2n) is 5.30. The molecule has 102 valence electrons. The average Bonchev–Trinajstić information content (AvgIpc) is 2.25. The van der Waals surface area contributed by atoms with Crippen molar-refractivity contribution in [2.24, 2.45) is 5.41 Å². The minimum Gasteiger partial charge on any atom is -0.316 e. The summed E-state index contributed by atoms with van der Waals surface area (Å²) in [6.07, 6.45) is 3.21. The Bertz CT molecular complexity index is 361. The number of hydrogen-bond donors (Lipinski definition) is 1. The SMILES string of the molecule is CCCC(C)(CNCC)Cc1cc(F)cc(Br)c1. The molecule has 0 heterocycles. The summed E-state index contributed by atoms with van der Waals surface area (Å²) in [6, 6.07) is 5.17. The van der Waals surface area contributed by atoms with Crippen molar-refractivity contribution < 1.29 is 4.39 Å². The molecule has 1 aromatic carbocycles. The molecule has 1 aromatic rings. The van der Waals surface area contributed by atoms with Crippen LogP contribution in [-0.4, -0.2) is 13.1 Å². The highest BCUT2D eigenvalue weighted by Crippen LogP contribution is 2.29. The van der Waals surface area contributed by atoms with Gasteiger partial charge in [0.1, 0.15) is 5.82 Å². The van der Waals surface area contributed by atoms with Gasteiger partial charge in [0.15, 0.2) is 0 Å². The summed E-state index contributed by atoms with van der Waals surface area (Å²) in [5.74, 6) is -0.165. The van der Waals surface area contributed by atoms with E-state index in [1.165, 1.54) is 6.07 Å². The van der Waals surface area contributed by atoms with Crippen LogP contribution in [0.5, 0.6) is 0 Å². The van der Waals surface area contributed by atoms with E-state index in [-0.39, 0.29) is 11.2 Å². The summed E-state index contributed by atoms with van der Waals surface area (Å²) in [4.78, 5) is 0. The van der Waals surface area contributed by atoms with Crippen LogP contribution in [0, 0.1) is 11.2 Å². The van der Waals surface area contributed by atoms with E-state index >= 15 is 0 Å². The molecule has 0 fully saturated rings. The first-order chi connectivity index (χ1) is 8.49. The molecule has 0 amide bonds. The topological polar surface area (TPSA) is 12.0 Å². The number of hydrogen-bond acceptors (Lipinski definition) is 1. The summed E-state index contributed by atoms with van der Waals surface area (Å²) in [5.41, 5.74) is 1.26. The maximum Gasteiger partial charge on any atom is 0.124 e. The quantitative estimate of drug-likeness (QED) is 0.778. The molecule has 0 aliphatic rings. The second-order valence-corrected chi connectivity index (χ2v) is 6.21. The molecule has 3 heteroatoms. The van der Waals surface area contributed by atoms with Crippen LogP contribution < -0.4 is 5.32 Å². The van der Waals surface area contributed by atoms with Crippen LogP contribution in [0.1, 0.15) is 39.2 Å². The largest absolute Gasteiger partial charge is 0.316 e. The predicted molar refractivity (Wildman–Crippen MR) is 79.4 cm³/mol. The molecule has 1 N–H and O–H groups in total. The Balaban J connectivity index is 2.81. The molecule has 1 atom stereocenters. The summed E-state index contributed by atoms with van der Waals surface area (Å²) in [5, 5.41) is 3.42. The van der Waals surface area contributed by atoms with Crippen molar-refractivity contribution in [3.8, 4) is 0 Å². The number of nitrogens with one attached hydrogen (secondary N) is 1. The molecule has 0 saturated carbocycles. The van der Waals surface area contributed by atoms with Gasteiger partial charge < -0.3 is 5.32 Å². The molecule has 1 nitrogen and oxygen atoms in total. The lowest BCUT2D eigenvalue weighted by atomic mass is 9.79. The Labute approximate surface area is 118 Å². The molecule has 0 radical (unpaired) electrons. The van der Waals surface area contributed by atoms with Crippen molar-refractivity contribution in [3.05, 3.63) is 34.1 Å². The summed E-state index contributed by atoms with van der Waals surface area (Å²) >= 11 is 3.36. The van der Waals surface area contributed by atoms with E-state index in [4.69, 9.17) is 0 Å². The van der Waals surface area contributed by atoms with Gasteiger partial charge >= 0.3 is 0 Å². The maximum absolute atomic E-state index is 13.4. The van der Waals surface area contributed by atoms with Crippen molar-refractivity contribution in [3.63, 3.8) is 0 Å². The molecule has 1 unspecified atom stereocenters. The van der Waals surface area contributed by atoms with Crippen molar-refractivity contribution in [1.82, 2.24) is 5.32 Å². The van der Waals surface area contributed by atoms with Crippen LogP contribution in [0.25, 0.3) is 0 Å². The molecular weight excluding hydrogens is 293 g/mol. The third-order valence-corrected chi connectivity index (χ3v) is 3.67. The molecule has 1 rings (SSSR count). The molecule has 0 spiro atoms. The number of benzene rings is 1. The highest BCUT2D eigenvalue weighted by atomic mass is 79.9.